The Morgan fingerprint density at radius 1 is 1.24 bits per heavy atom. The van der Waals surface area contributed by atoms with Crippen LogP contribution in [-0.4, -0.2) is 68.7 Å². The van der Waals surface area contributed by atoms with Crippen LogP contribution in [0.4, 0.5) is 0 Å². The average Bonchev–Trinajstić information content (AvgIpc) is 3.00. The van der Waals surface area contributed by atoms with E-state index in [1.165, 1.54) is 25.5 Å². The number of rotatable bonds is 6. The molecule has 0 bridgehead atoms. The maximum absolute atomic E-state index is 11.6. The van der Waals surface area contributed by atoms with Crippen molar-refractivity contribution in [1.29, 1.82) is 0 Å². The Balaban J connectivity index is 0.00000312. The summed E-state index contributed by atoms with van der Waals surface area (Å²) >= 11 is 1.96. The molecule has 2 atom stereocenters. The number of piperidine rings is 1. The molecule has 0 aromatic carbocycles. The molecule has 1 aliphatic heterocycles. The molecule has 0 aromatic rings. The van der Waals surface area contributed by atoms with E-state index in [1.54, 1.807) is 4.31 Å². The molecule has 25 heavy (non-hydrogen) atoms. The molecule has 2 rings (SSSR count). The van der Waals surface area contributed by atoms with Gasteiger partial charge in [0.1, 0.15) is 0 Å². The molecule has 0 radical (unpaired) electrons. The van der Waals surface area contributed by atoms with E-state index in [9.17, 15) is 8.42 Å². The number of sulfonamides is 1. The van der Waals surface area contributed by atoms with Gasteiger partial charge in [-0.25, -0.2) is 12.7 Å². The third-order valence-electron chi connectivity index (χ3n) is 4.95. The van der Waals surface area contributed by atoms with Crippen LogP contribution >= 0.6 is 35.7 Å². The SMILES string of the molecule is CCNC(=NCC1CCN(S(C)(=O)=O)CC1)NC1CCC(SC)C1.I. The Kier molecular flexibility index (Phi) is 10.4. The van der Waals surface area contributed by atoms with Crippen molar-refractivity contribution in [3.63, 3.8) is 0 Å². The second-order valence-electron chi connectivity index (χ2n) is 6.84. The van der Waals surface area contributed by atoms with Crippen LogP contribution in [0.25, 0.3) is 0 Å². The molecule has 2 fully saturated rings. The van der Waals surface area contributed by atoms with Crippen LogP contribution in [0.1, 0.15) is 39.0 Å². The van der Waals surface area contributed by atoms with Crippen molar-refractivity contribution in [2.24, 2.45) is 10.9 Å². The van der Waals surface area contributed by atoms with E-state index < -0.39 is 10.0 Å². The first-order valence-electron chi connectivity index (χ1n) is 8.95. The van der Waals surface area contributed by atoms with Crippen LogP contribution in [0, 0.1) is 5.92 Å². The average molecular weight is 505 g/mol. The topological polar surface area (TPSA) is 73.8 Å². The van der Waals surface area contributed by atoms with E-state index in [0.29, 0.717) is 25.0 Å². The van der Waals surface area contributed by atoms with Gasteiger partial charge in [-0.1, -0.05) is 0 Å². The fourth-order valence-electron chi connectivity index (χ4n) is 3.44. The van der Waals surface area contributed by atoms with Crippen molar-refractivity contribution < 1.29 is 8.42 Å². The molecule has 148 valence electrons. The Morgan fingerprint density at radius 3 is 2.44 bits per heavy atom. The third kappa shape index (κ3) is 7.80. The van der Waals surface area contributed by atoms with Gasteiger partial charge in [-0.3, -0.25) is 4.99 Å². The highest BCUT2D eigenvalue weighted by molar-refractivity contribution is 14.0. The predicted octanol–water partition coefficient (Wildman–Crippen LogP) is 2.12. The summed E-state index contributed by atoms with van der Waals surface area (Å²) in [6.45, 7) is 4.96. The lowest BCUT2D eigenvalue weighted by atomic mass is 9.98. The summed E-state index contributed by atoms with van der Waals surface area (Å²) in [5.41, 5.74) is 0. The molecule has 0 amide bonds. The normalized spacial score (nSPS) is 26.3. The minimum atomic E-state index is -3.04. The summed E-state index contributed by atoms with van der Waals surface area (Å²) in [7, 11) is -3.04. The minimum absolute atomic E-state index is 0. The fraction of sp³-hybridized carbons (Fsp3) is 0.938. The Bertz CT molecular complexity index is 522. The minimum Gasteiger partial charge on any atom is -0.357 e. The highest BCUT2D eigenvalue weighted by atomic mass is 127. The Hall–Kier alpha value is 0.260. The van der Waals surface area contributed by atoms with Gasteiger partial charge in [0.05, 0.1) is 6.26 Å². The number of halogens is 1. The highest BCUT2D eigenvalue weighted by Crippen LogP contribution is 2.28. The van der Waals surface area contributed by atoms with Gasteiger partial charge in [0.2, 0.25) is 10.0 Å². The van der Waals surface area contributed by atoms with Crippen LogP contribution < -0.4 is 10.6 Å². The maximum atomic E-state index is 11.6. The monoisotopic (exact) mass is 504 g/mol. The smallest absolute Gasteiger partial charge is 0.211 e. The molecule has 1 heterocycles. The maximum Gasteiger partial charge on any atom is 0.211 e. The van der Waals surface area contributed by atoms with Gasteiger partial charge in [-0.15, -0.1) is 24.0 Å². The molecule has 6 nitrogen and oxygen atoms in total. The summed E-state index contributed by atoms with van der Waals surface area (Å²) in [4.78, 5) is 4.76. The van der Waals surface area contributed by atoms with Gasteiger partial charge in [-0.05, 0) is 51.2 Å². The van der Waals surface area contributed by atoms with Crippen molar-refractivity contribution in [2.45, 2.75) is 50.3 Å². The lowest BCUT2D eigenvalue weighted by molar-refractivity contribution is 0.280. The van der Waals surface area contributed by atoms with E-state index >= 15 is 0 Å². The third-order valence-corrected chi connectivity index (χ3v) is 7.35. The molecule has 9 heteroatoms. The van der Waals surface area contributed by atoms with Crippen molar-refractivity contribution in [2.75, 3.05) is 38.7 Å². The molecular formula is C16H33IN4O2S2. The zero-order valence-corrected chi connectivity index (χ0v) is 19.5. The molecule has 1 aliphatic carbocycles. The van der Waals surface area contributed by atoms with Crippen LogP contribution in [0.2, 0.25) is 0 Å². The van der Waals surface area contributed by atoms with Crippen molar-refractivity contribution in [3.8, 4) is 0 Å². The molecule has 0 aromatic heterocycles. The summed E-state index contributed by atoms with van der Waals surface area (Å²) in [6.07, 6.45) is 8.97. The lowest BCUT2D eigenvalue weighted by Crippen LogP contribution is -2.43. The zero-order chi connectivity index (χ0) is 17.6. The lowest BCUT2D eigenvalue weighted by Gasteiger charge is -2.29. The number of guanidine groups is 1. The van der Waals surface area contributed by atoms with Crippen molar-refractivity contribution >= 4 is 51.7 Å². The second kappa shape index (κ2) is 11.2. The van der Waals surface area contributed by atoms with Gasteiger partial charge in [0.15, 0.2) is 5.96 Å². The van der Waals surface area contributed by atoms with E-state index in [1.807, 2.05) is 11.8 Å². The molecule has 2 N–H and O–H groups in total. The Labute approximate surface area is 174 Å². The largest absolute Gasteiger partial charge is 0.357 e. The van der Waals surface area contributed by atoms with E-state index in [0.717, 1.165) is 37.1 Å². The second-order valence-corrected chi connectivity index (χ2v) is 9.96. The summed E-state index contributed by atoms with van der Waals surface area (Å²) in [5, 5.41) is 7.68. The number of nitrogens with one attached hydrogen (secondary N) is 2. The summed E-state index contributed by atoms with van der Waals surface area (Å²) in [5.74, 6) is 1.38. The van der Waals surface area contributed by atoms with Gasteiger partial charge in [0, 0.05) is 37.5 Å². The van der Waals surface area contributed by atoms with E-state index in [-0.39, 0.29) is 24.0 Å². The van der Waals surface area contributed by atoms with Crippen LogP contribution in [0.3, 0.4) is 0 Å². The molecule has 1 saturated carbocycles. The van der Waals surface area contributed by atoms with E-state index in [4.69, 9.17) is 4.99 Å². The Morgan fingerprint density at radius 2 is 1.92 bits per heavy atom. The van der Waals surface area contributed by atoms with Gasteiger partial charge >= 0.3 is 0 Å². The highest BCUT2D eigenvalue weighted by Gasteiger charge is 2.26. The standard InChI is InChI=1S/C16H32N4O2S2.HI/c1-4-17-16(19-14-5-6-15(11-14)23-2)18-12-13-7-9-20(10-8-13)24(3,21)22;/h13-15H,4-12H2,1-3H3,(H2,17,18,19);1H. The number of hydrogen-bond donors (Lipinski definition) is 2. The van der Waals surface area contributed by atoms with Crippen molar-refractivity contribution in [1.82, 2.24) is 14.9 Å². The first-order chi connectivity index (χ1) is 11.4. The van der Waals surface area contributed by atoms with Gasteiger partial charge in [0.25, 0.3) is 0 Å². The molecule has 2 unspecified atom stereocenters. The zero-order valence-electron chi connectivity index (χ0n) is 15.5. The van der Waals surface area contributed by atoms with Crippen LogP contribution in [-0.2, 0) is 10.0 Å². The van der Waals surface area contributed by atoms with Crippen molar-refractivity contribution in [3.05, 3.63) is 0 Å². The number of aliphatic imine (C=N–C) groups is 1. The summed E-state index contributed by atoms with van der Waals surface area (Å²) in [6, 6.07) is 0.521. The van der Waals surface area contributed by atoms with Crippen LogP contribution in [0.15, 0.2) is 4.99 Å². The predicted molar refractivity (Wildman–Crippen MR) is 119 cm³/mol. The quantitative estimate of drug-likeness (QED) is 0.330. The van der Waals surface area contributed by atoms with Gasteiger partial charge < -0.3 is 10.6 Å². The van der Waals surface area contributed by atoms with E-state index in [2.05, 4.69) is 23.8 Å². The molecular weight excluding hydrogens is 471 g/mol. The molecule has 0 spiro atoms. The first-order valence-corrected chi connectivity index (χ1v) is 12.1. The number of hydrogen-bond acceptors (Lipinski definition) is 4. The first kappa shape index (κ1) is 23.3. The summed E-state index contributed by atoms with van der Waals surface area (Å²) < 4.78 is 24.7. The fourth-order valence-corrected chi connectivity index (χ4v) is 5.11. The molecule has 1 saturated heterocycles. The molecule has 2 aliphatic rings. The number of nitrogens with zero attached hydrogens (tertiary/aromatic N) is 2. The van der Waals surface area contributed by atoms with Crippen LogP contribution in [0.5, 0.6) is 0 Å². The van der Waals surface area contributed by atoms with Gasteiger partial charge in [-0.2, -0.15) is 11.8 Å². The number of thioether (sulfide) groups is 1.